The quantitative estimate of drug-likeness (QED) is 0.518. The molecule has 0 aliphatic carbocycles. The number of furan rings is 1. The first-order chi connectivity index (χ1) is 12.8. The maximum absolute atomic E-state index is 5.36. The Balaban J connectivity index is 1.59. The minimum absolute atomic E-state index is 0.590. The van der Waals surface area contributed by atoms with Gasteiger partial charge in [0.15, 0.2) is 17.3 Å². The first-order valence-electron chi connectivity index (χ1n) is 7.90. The summed E-state index contributed by atoms with van der Waals surface area (Å²) in [6, 6.07) is 9.53. The van der Waals surface area contributed by atoms with Crippen molar-refractivity contribution in [3.8, 4) is 11.5 Å². The SMILES string of the molecule is COc1ccc(Cc2nnc3sc(/C=C/c4ccco4)nn23)cc1OC. The Kier molecular flexibility index (Phi) is 4.40. The summed E-state index contributed by atoms with van der Waals surface area (Å²) in [7, 11) is 3.24. The van der Waals surface area contributed by atoms with Crippen LogP contribution < -0.4 is 9.47 Å². The van der Waals surface area contributed by atoms with Crippen LogP contribution in [0.15, 0.2) is 41.0 Å². The molecule has 26 heavy (non-hydrogen) atoms. The minimum atomic E-state index is 0.590. The zero-order valence-corrected chi connectivity index (χ0v) is 15.1. The van der Waals surface area contributed by atoms with Crippen molar-refractivity contribution >= 4 is 28.4 Å². The Morgan fingerprint density at radius 1 is 1.12 bits per heavy atom. The second-order valence-electron chi connectivity index (χ2n) is 5.47. The van der Waals surface area contributed by atoms with Gasteiger partial charge in [0.1, 0.15) is 10.8 Å². The molecular weight excluding hydrogens is 352 g/mol. The lowest BCUT2D eigenvalue weighted by molar-refractivity contribution is 0.354. The van der Waals surface area contributed by atoms with Gasteiger partial charge in [-0.3, -0.25) is 0 Å². The molecule has 4 rings (SSSR count). The van der Waals surface area contributed by atoms with Gasteiger partial charge in [-0.05, 0) is 42.0 Å². The van der Waals surface area contributed by atoms with Crippen LogP contribution in [0, 0.1) is 0 Å². The van der Waals surface area contributed by atoms with Gasteiger partial charge in [0, 0.05) is 6.42 Å². The summed E-state index contributed by atoms with van der Waals surface area (Å²) in [5, 5.41) is 13.9. The number of hydrogen-bond acceptors (Lipinski definition) is 7. The third-order valence-electron chi connectivity index (χ3n) is 3.81. The second-order valence-corrected chi connectivity index (χ2v) is 6.45. The average Bonchev–Trinajstić information content (AvgIpc) is 3.38. The Morgan fingerprint density at radius 2 is 2.00 bits per heavy atom. The summed E-state index contributed by atoms with van der Waals surface area (Å²) in [5.41, 5.74) is 1.04. The maximum Gasteiger partial charge on any atom is 0.234 e. The third-order valence-corrected chi connectivity index (χ3v) is 4.68. The summed E-state index contributed by atoms with van der Waals surface area (Å²) in [5.74, 6) is 2.93. The summed E-state index contributed by atoms with van der Waals surface area (Å²) in [6.45, 7) is 0. The van der Waals surface area contributed by atoms with Crippen molar-refractivity contribution < 1.29 is 13.9 Å². The third kappa shape index (κ3) is 3.18. The normalized spacial score (nSPS) is 11.5. The molecule has 0 bridgehead atoms. The van der Waals surface area contributed by atoms with E-state index >= 15 is 0 Å². The second kappa shape index (κ2) is 7.01. The first-order valence-corrected chi connectivity index (χ1v) is 8.72. The van der Waals surface area contributed by atoms with Crippen molar-refractivity contribution in [2.75, 3.05) is 14.2 Å². The Hall–Kier alpha value is -3.13. The molecule has 3 aromatic heterocycles. The molecule has 0 amide bonds. The lowest BCUT2D eigenvalue weighted by atomic mass is 10.1. The molecule has 0 saturated heterocycles. The van der Waals surface area contributed by atoms with Gasteiger partial charge in [0.2, 0.25) is 4.96 Å². The Bertz CT molecular complexity index is 1050. The van der Waals surface area contributed by atoms with E-state index in [0.717, 1.165) is 27.1 Å². The van der Waals surface area contributed by atoms with E-state index in [1.54, 1.807) is 25.0 Å². The van der Waals surface area contributed by atoms with E-state index in [9.17, 15) is 0 Å². The number of methoxy groups -OCH3 is 2. The molecule has 4 aromatic rings. The topological polar surface area (TPSA) is 74.7 Å². The first kappa shape index (κ1) is 16.3. The van der Waals surface area contributed by atoms with Gasteiger partial charge in [-0.15, -0.1) is 10.2 Å². The molecule has 0 N–H and O–H groups in total. The zero-order chi connectivity index (χ0) is 17.9. The molecule has 0 radical (unpaired) electrons. The van der Waals surface area contributed by atoms with Crippen LogP contribution in [-0.4, -0.2) is 34.0 Å². The highest BCUT2D eigenvalue weighted by Crippen LogP contribution is 2.28. The molecular formula is C18H16N4O3S. The number of aromatic nitrogens is 4. The number of fused-ring (bicyclic) bond motifs is 1. The summed E-state index contributed by atoms with van der Waals surface area (Å²) in [6.07, 6.45) is 6.00. The Morgan fingerprint density at radius 3 is 2.77 bits per heavy atom. The van der Waals surface area contributed by atoms with Gasteiger partial charge in [0.05, 0.1) is 20.5 Å². The van der Waals surface area contributed by atoms with Gasteiger partial charge in [-0.25, -0.2) is 0 Å². The lowest BCUT2D eigenvalue weighted by Gasteiger charge is -2.08. The smallest absolute Gasteiger partial charge is 0.234 e. The van der Waals surface area contributed by atoms with E-state index in [-0.39, 0.29) is 0 Å². The van der Waals surface area contributed by atoms with Gasteiger partial charge in [0.25, 0.3) is 0 Å². The van der Waals surface area contributed by atoms with E-state index < -0.39 is 0 Å². The summed E-state index contributed by atoms with van der Waals surface area (Å²) >= 11 is 1.47. The zero-order valence-electron chi connectivity index (χ0n) is 14.2. The number of nitrogens with zero attached hydrogens (tertiary/aromatic N) is 4. The number of ether oxygens (including phenoxy) is 2. The van der Waals surface area contributed by atoms with Crippen LogP contribution in [0.25, 0.3) is 17.1 Å². The van der Waals surface area contributed by atoms with E-state index in [0.29, 0.717) is 17.9 Å². The predicted octanol–water partition coefficient (Wildman–Crippen LogP) is 3.56. The van der Waals surface area contributed by atoms with Gasteiger partial charge < -0.3 is 13.9 Å². The highest BCUT2D eigenvalue weighted by atomic mass is 32.1. The van der Waals surface area contributed by atoms with Crippen LogP contribution in [0.5, 0.6) is 11.5 Å². The van der Waals surface area contributed by atoms with Crippen LogP contribution in [0.3, 0.4) is 0 Å². The molecule has 0 saturated carbocycles. The number of rotatable bonds is 6. The number of hydrogen-bond donors (Lipinski definition) is 0. The Labute approximate surface area is 153 Å². The molecule has 132 valence electrons. The molecule has 0 fully saturated rings. The van der Waals surface area contributed by atoms with E-state index in [1.165, 1.54) is 11.3 Å². The highest BCUT2D eigenvalue weighted by Gasteiger charge is 2.13. The maximum atomic E-state index is 5.36. The van der Waals surface area contributed by atoms with E-state index in [1.807, 2.05) is 42.5 Å². The van der Waals surface area contributed by atoms with Crippen LogP contribution in [0.4, 0.5) is 0 Å². The van der Waals surface area contributed by atoms with Crippen LogP contribution in [0.1, 0.15) is 22.2 Å². The number of benzene rings is 1. The van der Waals surface area contributed by atoms with Gasteiger partial charge >= 0.3 is 0 Å². The fourth-order valence-corrected chi connectivity index (χ4v) is 3.32. The molecule has 0 aliphatic rings. The fourth-order valence-electron chi connectivity index (χ4n) is 2.56. The van der Waals surface area contributed by atoms with Crippen molar-refractivity contribution in [1.82, 2.24) is 19.8 Å². The largest absolute Gasteiger partial charge is 0.493 e. The van der Waals surface area contributed by atoms with Crippen molar-refractivity contribution in [1.29, 1.82) is 0 Å². The molecule has 0 aliphatic heterocycles. The van der Waals surface area contributed by atoms with Gasteiger partial charge in [-0.1, -0.05) is 17.4 Å². The highest BCUT2D eigenvalue weighted by molar-refractivity contribution is 7.17. The van der Waals surface area contributed by atoms with Crippen LogP contribution >= 0.6 is 11.3 Å². The van der Waals surface area contributed by atoms with Crippen LogP contribution in [-0.2, 0) is 6.42 Å². The summed E-state index contributed by atoms with van der Waals surface area (Å²) < 4.78 is 17.7. The molecule has 0 unspecified atom stereocenters. The van der Waals surface area contributed by atoms with Crippen molar-refractivity contribution in [2.24, 2.45) is 0 Å². The van der Waals surface area contributed by atoms with E-state index in [4.69, 9.17) is 13.9 Å². The van der Waals surface area contributed by atoms with Crippen LogP contribution in [0.2, 0.25) is 0 Å². The van der Waals surface area contributed by atoms with Gasteiger partial charge in [-0.2, -0.15) is 9.61 Å². The average molecular weight is 368 g/mol. The van der Waals surface area contributed by atoms with E-state index in [2.05, 4.69) is 15.3 Å². The summed E-state index contributed by atoms with van der Waals surface area (Å²) in [4.78, 5) is 0.750. The van der Waals surface area contributed by atoms with Crippen molar-refractivity contribution in [2.45, 2.75) is 6.42 Å². The standard InChI is InChI=1S/C18H16N4O3S/c1-23-14-7-5-12(10-15(14)24-2)11-16-19-20-18-22(16)21-17(26-18)8-6-13-4-3-9-25-13/h3-10H,11H2,1-2H3/b8-6+. The lowest BCUT2D eigenvalue weighted by Crippen LogP contribution is -1.99. The minimum Gasteiger partial charge on any atom is -0.493 e. The molecule has 3 heterocycles. The monoisotopic (exact) mass is 368 g/mol. The molecule has 1 aromatic carbocycles. The fraction of sp³-hybridized carbons (Fsp3) is 0.167. The predicted molar refractivity (Wildman–Crippen MR) is 98.6 cm³/mol. The molecule has 0 spiro atoms. The molecule has 7 nitrogen and oxygen atoms in total. The van der Waals surface area contributed by atoms with Crippen molar-refractivity contribution in [3.05, 3.63) is 58.8 Å². The molecule has 8 heteroatoms. The van der Waals surface area contributed by atoms with Crippen molar-refractivity contribution in [3.63, 3.8) is 0 Å². The molecule has 0 atom stereocenters.